The van der Waals surface area contributed by atoms with Gasteiger partial charge in [-0.05, 0) is 47.8 Å². The van der Waals surface area contributed by atoms with Crippen molar-refractivity contribution < 1.29 is 4.79 Å². The van der Waals surface area contributed by atoms with Gasteiger partial charge in [-0.1, -0.05) is 0 Å². The van der Waals surface area contributed by atoms with Crippen LogP contribution in [-0.4, -0.2) is 16.4 Å². The smallest absolute Gasteiger partial charge is 0.244 e. The van der Waals surface area contributed by atoms with Crippen LogP contribution in [0.5, 0.6) is 0 Å². The van der Waals surface area contributed by atoms with Crippen LogP contribution in [0, 0.1) is 6.92 Å². The first-order valence-electron chi connectivity index (χ1n) is 4.75. The molecule has 0 saturated heterocycles. The van der Waals surface area contributed by atoms with E-state index in [0.29, 0.717) is 0 Å². The van der Waals surface area contributed by atoms with E-state index in [-0.39, 0.29) is 5.91 Å². The van der Waals surface area contributed by atoms with Gasteiger partial charge in [0, 0.05) is 0 Å². The van der Waals surface area contributed by atoms with Gasteiger partial charge in [0.15, 0.2) is 0 Å². The van der Waals surface area contributed by atoms with Crippen molar-refractivity contribution in [2.24, 2.45) is 5.73 Å². The lowest BCUT2D eigenvalue weighted by Gasteiger charge is -2.11. The van der Waals surface area contributed by atoms with Crippen LogP contribution in [0.1, 0.15) is 18.5 Å². The number of hydrogen-bond acceptors (Lipinski definition) is 3. The summed E-state index contributed by atoms with van der Waals surface area (Å²) in [7, 11) is 0. The Labute approximate surface area is 96.4 Å². The average Bonchev–Trinajstić information content (AvgIpc) is 2.90. The Morgan fingerprint density at radius 3 is 2.80 bits per heavy atom. The molecule has 15 heavy (non-hydrogen) atoms. The number of halogens is 1. The topological polar surface area (TPSA) is 68.0 Å². The molecule has 0 aromatic carbocycles. The standard InChI is InChI=1S/C10H12BrN3O/c1-6-7(2-3-8(11)13-6)14-9(15)10(12)4-5-10/h2-3H,4-5,12H2,1H3,(H,14,15). The molecule has 80 valence electrons. The third-order valence-electron chi connectivity index (χ3n) is 2.54. The third kappa shape index (κ3) is 2.18. The molecule has 0 radical (unpaired) electrons. The third-order valence-corrected chi connectivity index (χ3v) is 2.98. The highest BCUT2D eigenvalue weighted by atomic mass is 79.9. The molecule has 0 spiro atoms. The summed E-state index contributed by atoms with van der Waals surface area (Å²) in [6, 6.07) is 3.61. The van der Waals surface area contributed by atoms with Crippen molar-refractivity contribution >= 4 is 27.5 Å². The van der Waals surface area contributed by atoms with Gasteiger partial charge in [0.25, 0.3) is 0 Å². The molecule has 0 bridgehead atoms. The quantitative estimate of drug-likeness (QED) is 0.802. The van der Waals surface area contributed by atoms with Crippen LogP contribution in [0.4, 0.5) is 5.69 Å². The highest BCUT2D eigenvalue weighted by Gasteiger charge is 2.46. The molecule has 1 aromatic rings. The number of amides is 1. The Kier molecular flexibility index (Phi) is 2.52. The Bertz CT molecular complexity index is 415. The number of anilines is 1. The molecule has 1 aliphatic carbocycles. The highest BCUT2D eigenvalue weighted by Crippen LogP contribution is 2.33. The Morgan fingerprint density at radius 2 is 2.27 bits per heavy atom. The van der Waals surface area contributed by atoms with Gasteiger partial charge >= 0.3 is 0 Å². The van der Waals surface area contributed by atoms with Gasteiger partial charge in [-0.25, -0.2) is 4.98 Å². The number of carbonyl (C=O) groups is 1. The summed E-state index contributed by atoms with van der Waals surface area (Å²) in [6.45, 7) is 1.84. The van der Waals surface area contributed by atoms with Gasteiger partial charge in [-0.15, -0.1) is 0 Å². The van der Waals surface area contributed by atoms with Gasteiger partial charge in [-0.2, -0.15) is 0 Å². The van der Waals surface area contributed by atoms with E-state index in [1.807, 2.05) is 13.0 Å². The van der Waals surface area contributed by atoms with E-state index in [1.54, 1.807) is 6.07 Å². The SMILES string of the molecule is Cc1nc(Br)ccc1NC(=O)C1(N)CC1. The predicted molar refractivity (Wildman–Crippen MR) is 61.5 cm³/mol. The number of aromatic nitrogens is 1. The second-order valence-corrected chi connectivity index (χ2v) is 4.69. The Balaban J connectivity index is 2.14. The number of nitrogens with two attached hydrogens (primary N) is 1. The van der Waals surface area contributed by atoms with E-state index in [2.05, 4.69) is 26.2 Å². The van der Waals surface area contributed by atoms with Crippen molar-refractivity contribution in [3.8, 4) is 0 Å². The van der Waals surface area contributed by atoms with Gasteiger partial charge in [0.1, 0.15) is 4.60 Å². The molecule has 0 atom stereocenters. The van der Waals surface area contributed by atoms with Crippen molar-refractivity contribution in [2.45, 2.75) is 25.3 Å². The average molecular weight is 270 g/mol. The van der Waals surface area contributed by atoms with Gasteiger partial charge in [-0.3, -0.25) is 4.79 Å². The van der Waals surface area contributed by atoms with Crippen LogP contribution in [-0.2, 0) is 4.79 Å². The summed E-state index contributed by atoms with van der Waals surface area (Å²) in [5.41, 5.74) is 6.64. The summed E-state index contributed by atoms with van der Waals surface area (Å²) in [4.78, 5) is 15.8. The molecule has 1 aliphatic rings. The molecular weight excluding hydrogens is 258 g/mol. The molecule has 2 rings (SSSR count). The van der Waals surface area contributed by atoms with Crippen LogP contribution >= 0.6 is 15.9 Å². The lowest BCUT2D eigenvalue weighted by Crippen LogP contribution is -2.38. The first-order chi connectivity index (χ1) is 7.01. The maximum Gasteiger partial charge on any atom is 0.244 e. The summed E-state index contributed by atoms with van der Waals surface area (Å²) in [6.07, 6.45) is 1.53. The van der Waals surface area contributed by atoms with E-state index in [1.165, 1.54) is 0 Å². The molecule has 0 aliphatic heterocycles. The van der Waals surface area contributed by atoms with Crippen LogP contribution in [0.25, 0.3) is 0 Å². The first kappa shape index (κ1) is 10.6. The van der Waals surface area contributed by atoms with E-state index in [0.717, 1.165) is 28.8 Å². The Hall–Kier alpha value is -0.940. The second kappa shape index (κ2) is 3.57. The van der Waals surface area contributed by atoms with E-state index >= 15 is 0 Å². The molecule has 1 saturated carbocycles. The summed E-state index contributed by atoms with van der Waals surface area (Å²) < 4.78 is 0.756. The molecule has 1 fully saturated rings. The number of hydrogen-bond donors (Lipinski definition) is 2. The molecule has 1 amide bonds. The van der Waals surface area contributed by atoms with E-state index < -0.39 is 5.54 Å². The number of nitrogens with one attached hydrogen (secondary N) is 1. The number of rotatable bonds is 2. The highest BCUT2D eigenvalue weighted by molar-refractivity contribution is 9.10. The predicted octanol–water partition coefficient (Wildman–Crippen LogP) is 1.58. The van der Waals surface area contributed by atoms with Crippen LogP contribution < -0.4 is 11.1 Å². The fourth-order valence-corrected chi connectivity index (χ4v) is 1.67. The fourth-order valence-electron chi connectivity index (χ4n) is 1.27. The van der Waals surface area contributed by atoms with Crippen molar-refractivity contribution in [3.05, 3.63) is 22.4 Å². The van der Waals surface area contributed by atoms with Crippen LogP contribution in [0.3, 0.4) is 0 Å². The summed E-state index contributed by atoms with van der Waals surface area (Å²) in [5, 5.41) is 2.79. The molecule has 0 unspecified atom stereocenters. The normalized spacial score (nSPS) is 17.3. The maximum absolute atomic E-state index is 11.7. The number of nitrogens with zero attached hydrogens (tertiary/aromatic N) is 1. The number of aryl methyl sites for hydroxylation is 1. The second-order valence-electron chi connectivity index (χ2n) is 3.88. The molecule has 5 heteroatoms. The zero-order chi connectivity index (χ0) is 11.1. The first-order valence-corrected chi connectivity index (χ1v) is 5.54. The van der Waals surface area contributed by atoms with Crippen LogP contribution in [0.15, 0.2) is 16.7 Å². The van der Waals surface area contributed by atoms with Crippen molar-refractivity contribution in [2.75, 3.05) is 5.32 Å². The zero-order valence-corrected chi connectivity index (χ0v) is 9.97. The monoisotopic (exact) mass is 269 g/mol. The van der Waals surface area contributed by atoms with E-state index in [9.17, 15) is 4.79 Å². The lowest BCUT2D eigenvalue weighted by atomic mass is 10.2. The van der Waals surface area contributed by atoms with Gasteiger partial charge in [0.2, 0.25) is 5.91 Å². The zero-order valence-electron chi connectivity index (χ0n) is 8.38. The van der Waals surface area contributed by atoms with E-state index in [4.69, 9.17) is 5.73 Å². The minimum atomic E-state index is -0.639. The summed E-state index contributed by atoms with van der Waals surface area (Å²) in [5.74, 6) is -0.116. The van der Waals surface area contributed by atoms with Crippen molar-refractivity contribution in [3.63, 3.8) is 0 Å². The van der Waals surface area contributed by atoms with Gasteiger partial charge < -0.3 is 11.1 Å². The minimum Gasteiger partial charge on any atom is -0.323 e. The van der Waals surface area contributed by atoms with Gasteiger partial charge in [0.05, 0.1) is 16.9 Å². The Morgan fingerprint density at radius 1 is 1.60 bits per heavy atom. The van der Waals surface area contributed by atoms with Crippen molar-refractivity contribution in [1.82, 2.24) is 4.98 Å². The molecular formula is C10H12BrN3O. The minimum absolute atomic E-state index is 0.116. The van der Waals surface area contributed by atoms with Crippen molar-refractivity contribution in [1.29, 1.82) is 0 Å². The molecule has 3 N–H and O–H groups in total. The fraction of sp³-hybridized carbons (Fsp3) is 0.400. The molecule has 1 heterocycles. The van der Waals surface area contributed by atoms with Crippen LogP contribution in [0.2, 0.25) is 0 Å². The largest absolute Gasteiger partial charge is 0.323 e. The summed E-state index contributed by atoms with van der Waals surface area (Å²) >= 11 is 3.27. The molecule has 4 nitrogen and oxygen atoms in total. The molecule has 1 aromatic heterocycles. The number of carbonyl (C=O) groups excluding carboxylic acids is 1. The maximum atomic E-state index is 11.7. The lowest BCUT2D eigenvalue weighted by molar-refractivity contribution is -0.118. The number of pyridine rings is 1.